The zero-order valence-corrected chi connectivity index (χ0v) is 17.4. The molecule has 3 aromatic heterocycles. The summed E-state index contributed by atoms with van der Waals surface area (Å²) >= 11 is 1.22. The molecular formula is C18H21N5O3S2. The minimum absolute atomic E-state index is 0.190. The van der Waals surface area contributed by atoms with Gasteiger partial charge in [-0.15, -0.1) is 11.3 Å². The number of aromatic nitrogens is 3. The zero-order chi connectivity index (χ0) is 20.3. The maximum atomic E-state index is 12.1. The van der Waals surface area contributed by atoms with Gasteiger partial charge < -0.3 is 10.3 Å². The van der Waals surface area contributed by atoms with Crippen molar-refractivity contribution in [2.75, 3.05) is 19.4 Å². The number of sulfonamides is 1. The van der Waals surface area contributed by atoms with Crippen molar-refractivity contribution in [1.82, 2.24) is 19.3 Å². The van der Waals surface area contributed by atoms with Gasteiger partial charge in [-0.05, 0) is 30.7 Å². The van der Waals surface area contributed by atoms with Crippen molar-refractivity contribution in [2.24, 2.45) is 0 Å². The molecule has 0 radical (unpaired) electrons. The van der Waals surface area contributed by atoms with Crippen LogP contribution in [0.3, 0.4) is 0 Å². The van der Waals surface area contributed by atoms with Gasteiger partial charge in [-0.3, -0.25) is 4.79 Å². The topological polar surface area (TPSA) is 108 Å². The Kier molecular flexibility index (Phi) is 5.92. The third-order valence-electron chi connectivity index (χ3n) is 4.01. The molecule has 148 valence electrons. The van der Waals surface area contributed by atoms with E-state index in [1.165, 1.54) is 35.8 Å². The fourth-order valence-corrected chi connectivity index (χ4v) is 4.88. The Morgan fingerprint density at radius 2 is 2.00 bits per heavy atom. The molecule has 3 rings (SSSR count). The Morgan fingerprint density at radius 3 is 2.64 bits per heavy atom. The molecule has 3 heterocycles. The van der Waals surface area contributed by atoms with Gasteiger partial charge in [0.1, 0.15) is 15.9 Å². The van der Waals surface area contributed by atoms with E-state index in [-0.39, 0.29) is 5.56 Å². The highest BCUT2D eigenvalue weighted by Crippen LogP contribution is 2.24. The molecule has 0 saturated heterocycles. The van der Waals surface area contributed by atoms with Gasteiger partial charge in [-0.1, -0.05) is 6.92 Å². The van der Waals surface area contributed by atoms with E-state index in [0.717, 1.165) is 10.6 Å². The lowest BCUT2D eigenvalue weighted by atomic mass is 10.2. The number of hydrogen-bond donors (Lipinski definition) is 2. The fraction of sp³-hybridized carbons (Fsp3) is 0.278. The molecule has 2 N–H and O–H groups in total. The van der Waals surface area contributed by atoms with Crippen LogP contribution < -0.4 is 10.9 Å². The summed E-state index contributed by atoms with van der Waals surface area (Å²) in [6.07, 6.45) is 2.31. The standard InChI is InChI=1S/C18H21N5O3S2/c1-4-13-9-16(24)22-18(21-13)12-5-7-15(19-10-12)20-11-14-6-8-17(27-14)28(25,26)23(2)3/h5-10H,4,11H2,1-3H3,(H,19,20)(H,21,22,24). The van der Waals surface area contributed by atoms with Gasteiger partial charge in [0.25, 0.3) is 15.6 Å². The molecule has 0 amide bonds. The van der Waals surface area contributed by atoms with Crippen molar-refractivity contribution >= 4 is 27.2 Å². The predicted octanol–water partition coefficient (Wildman–Crippen LogP) is 2.32. The van der Waals surface area contributed by atoms with E-state index in [0.29, 0.717) is 34.4 Å². The Bertz CT molecular complexity index is 1120. The smallest absolute Gasteiger partial charge is 0.252 e. The second-order valence-electron chi connectivity index (χ2n) is 6.23. The quantitative estimate of drug-likeness (QED) is 0.608. The fourth-order valence-electron chi connectivity index (χ4n) is 2.41. The third-order valence-corrected chi connectivity index (χ3v) is 7.38. The second-order valence-corrected chi connectivity index (χ2v) is 9.78. The van der Waals surface area contributed by atoms with E-state index in [9.17, 15) is 13.2 Å². The van der Waals surface area contributed by atoms with Crippen LogP contribution in [0, 0.1) is 0 Å². The van der Waals surface area contributed by atoms with E-state index in [4.69, 9.17) is 0 Å². The molecule has 0 aliphatic heterocycles. The molecule has 10 heteroatoms. The zero-order valence-electron chi connectivity index (χ0n) is 15.8. The molecule has 0 aliphatic carbocycles. The van der Waals surface area contributed by atoms with Crippen LogP contribution in [0.2, 0.25) is 0 Å². The number of rotatable bonds is 7. The number of thiophene rings is 1. The molecule has 0 aliphatic rings. The molecule has 3 aromatic rings. The lowest BCUT2D eigenvalue weighted by Gasteiger charge is -2.08. The van der Waals surface area contributed by atoms with Crippen molar-refractivity contribution in [3.05, 3.63) is 57.5 Å². The SMILES string of the molecule is CCc1cc(=O)[nH]c(-c2ccc(NCc3ccc(S(=O)(=O)N(C)C)s3)nc2)n1. The van der Waals surface area contributed by atoms with Crippen LogP contribution in [-0.4, -0.2) is 41.8 Å². The van der Waals surface area contributed by atoms with Gasteiger partial charge in [-0.25, -0.2) is 22.7 Å². The van der Waals surface area contributed by atoms with E-state index in [2.05, 4.69) is 20.3 Å². The molecule has 28 heavy (non-hydrogen) atoms. The Morgan fingerprint density at radius 1 is 1.21 bits per heavy atom. The summed E-state index contributed by atoms with van der Waals surface area (Å²) in [7, 11) is -0.391. The molecular weight excluding hydrogens is 398 g/mol. The summed E-state index contributed by atoms with van der Waals surface area (Å²) in [5.74, 6) is 1.13. The van der Waals surface area contributed by atoms with Crippen molar-refractivity contribution in [2.45, 2.75) is 24.1 Å². The number of H-pyrrole nitrogens is 1. The van der Waals surface area contributed by atoms with Crippen molar-refractivity contribution in [3.8, 4) is 11.4 Å². The Labute approximate surface area is 167 Å². The van der Waals surface area contributed by atoms with E-state index in [1.807, 2.05) is 13.0 Å². The summed E-state index contributed by atoms with van der Waals surface area (Å²) < 4.78 is 25.8. The highest BCUT2D eigenvalue weighted by atomic mass is 32.2. The van der Waals surface area contributed by atoms with Crippen LogP contribution >= 0.6 is 11.3 Å². The molecule has 0 aromatic carbocycles. The van der Waals surface area contributed by atoms with Crippen LogP contribution in [-0.2, 0) is 23.0 Å². The number of nitrogens with one attached hydrogen (secondary N) is 2. The van der Waals surface area contributed by atoms with Crippen molar-refractivity contribution in [1.29, 1.82) is 0 Å². The summed E-state index contributed by atoms with van der Waals surface area (Å²) in [5.41, 5.74) is 1.25. The molecule has 0 saturated carbocycles. The van der Waals surface area contributed by atoms with Crippen LogP contribution in [0.25, 0.3) is 11.4 Å². The average molecular weight is 420 g/mol. The van der Waals surface area contributed by atoms with Crippen molar-refractivity contribution < 1.29 is 8.42 Å². The number of anilines is 1. The summed E-state index contributed by atoms with van der Waals surface area (Å²) in [6.45, 7) is 2.40. The predicted molar refractivity (Wildman–Crippen MR) is 110 cm³/mol. The Hall–Kier alpha value is -2.56. The number of hydrogen-bond acceptors (Lipinski definition) is 7. The van der Waals surface area contributed by atoms with Crippen LogP contribution in [0.5, 0.6) is 0 Å². The summed E-state index contributed by atoms with van der Waals surface area (Å²) in [6, 6.07) is 8.49. The lowest BCUT2D eigenvalue weighted by Crippen LogP contribution is -2.21. The van der Waals surface area contributed by atoms with Gasteiger partial charge in [0, 0.05) is 42.5 Å². The van der Waals surface area contributed by atoms with Crippen LogP contribution in [0.15, 0.2) is 45.5 Å². The normalized spacial score (nSPS) is 11.7. The first kappa shape index (κ1) is 20.2. The minimum atomic E-state index is -3.41. The first-order chi connectivity index (χ1) is 13.3. The van der Waals surface area contributed by atoms with Gasteiger partial charge >= 0.3 is 0 Å². The number of pyridine rings is 1. The molecule has 0 unspecified atom stereocenters. The first-order valence-electron chi connectivity index (χ1n) is 8.61. The van der Waals surface area contributed by atoms with Gasteiger partial charge in [0.05, 0.1) is 6.54 Å². The molecule has 8 nitrogen and oxygen atoms in total. The van der Waals surface area contributed by atoms with Crippen molar-refractivity contribution in [3.63, 3.8) is 0 Å². The van der Waals surface area contributed by atoms with E-state index >= 15 is 0 Å². The minimum Gasteiger partial charge on any atom is -0.365 e. The van der Waals surface area contributed by atoms with E-state index in [1.54, 1.807) is 24.4 Å². The second kappa shape index (κ2) is 8.21. The number of aryl methyl sites for hydroxylation is 1. The van der Waals surface area contributed by atoms with E-state index < -0.39 is 10.0 Å². The summed E-state index contributed by atoms with van der Waals surface area (Å²) in [5, 5.41) is 3.17. The third kappa shape index (κ3) is 4.46. The maximum Gasteiger partial charge on any atom is 0.252 e. The molecule has 0 spiro atoms. The maximum absolute atomic E-state index is 12.1. The lowest BCUT2D eigenvalue weighted by molar-refractivity contribution is 0.523. The van der Waals surface area contributed by atoms with Gasteiger partial charge in [0.2, 0.25) is 0 Å². The van der Waals surface area contributed by atoms with Gasteiger partial charge in [-0.2, -0.15) is 0 Å². The van der Waals surface area contributed by atoms with Gasteiger partial charge in [0.15, 0.2) is 0 Å². The number of nitrogens with zero attached hydrogens (tertiary/aromatic N) is 3. The largest absolute Gasteiger partial charge is 0.365 e. The highest BCUT2D eigenvalue weighted by Gasteiger charge is 2.19. The molecule has 0 fully saturated rings. The Balaban J connectivity index is 1.70. The highest BCUT2D eigenvalue weighted by molar-refractivity contribution is 7.91. The average Bonchev–Trinajstić information content (AvgIpc) is 3.16. The molecule has 0 bridgehead atoms. The first-order valence-corrected chi connectivity index (χ1v) is 10.9. The van der Waals surface area contributed by atoms with Crippen LogP contribution in [0.1, 0.15) is 17.5 Å². The summed E-state index contributed by atoms with van der Waals surface area (Å²) in [4.78, 5) is 24.1. The monoisotopic (exact) mass is 419 g/mol. The number of aromatic amines is 1. The van der Waals surface area contributed by atoms with Crippen LogP contribution in [0.4, 0.5) is 5.82 Å². The molecule has 0 atom stereocenters.